The van der Waals surface area contributed by atoms with E-state index in [9.17, 15) is 9.59 Å². The van der Waals surface area contributed by atoms with Crippen molar-refractivity contribution >= 4 is 23.4 Å². The number of piperidine rings is 1. The van der Waals surface area contributed by atoms with E-state index in [0.29, 0.717) is 23.6 Å². The first-order valence-corrected chi connectivity index (χ1v) is 5.66. The smallest absolute Gasteiger partial charge is 0.234 e. The van der Waals surface area contributed by atoms with E-state index in [1.165, 1.54) is 0 Å². The summed E-state index contributed by atoms with van der Waals surface area (Å²) in [4.78, 5) is 22.8. The van der Waals surface area contributed by atoms with Gasteiger partial charge in [-0.3, -0.25) is 14.9 Å². The molecule has 1 N–H and O–H groups in total. The van der Waals surface area contributed by atoms with Crippen LogP contribution >= 0.6 is 11.6 Å². The highest BCUT2D eigenvalue weighted by Crippen LogP contribution is 2.33. The van der Waals surface area contributed by atoms with Gasteiger partial charge in [-0.25, -0.2) is 0 Å². The summed E-state index contributed by atoms with van der Waals surface area (Å²) in [5, 5.41) is 2.87. The van der Waals surface area contributed by atoms with Crippen LogP contribution < -0.4 is 10.1 Å². The van der Waals surface area contributed by atoms with Crippen molar-refractivity contribution < 1.29 is 14.3 Å². The molecular formula is C12H12ClNO3. The molecule has 1 saturated heterocycles. The van der Waals surface area contributed by atoms with Crippen molar-refractivity contribution in [3.05, 3.63) is 28.8 Å². The van der Waals surface area contributed by atoms with Gasteiger partial charge in [-0.2, -0.15) is 0 Å². The Morgan fingerprint density at radius 2 is 2.18 bits per heavy atom. The lowest BCUT2D eigenvalue weighted by atomic mass is 9.90. The normalized spacial score (nSPS) is 20.0. The number of halogens is 1. The van der Waals surface area contributed by atoms with Gasteiger partial charge in [-0.1, -0.05) is 11.6 Å². The van der Waals surface area contributed by atoms with Gasteiger partial charge in [-0.15, -0.1) is 0 Å². The maximum atomic E-state index is 11.8. The molecule has 1 atom stereocenters. The molecule has 0 spiro atoms. The Bertz CT molecular complexity index is 473. The lowest BCUT2D eigenvalue weighted by Crippen LogP contribution is -2.39. The van der Waals surface area contributed by atoms with E-state index in [2.05, 4.69) is 5.32 Å². The minimum Gasteiger partial charge on any atom is -0.496 e. The minimum absolute atomic E-state index is 0.229. The number of rotatable bonds is 2. The van der Waals surface area contributed by atoms with Crippen LogP contribution in [0.4, 0.5) is 0 Å². The van der Waals surface area contributed by atoms with Crippen molar-refractivity contribution in [3.63, 3.8) is 0 Å². The maximum Gasteiger partial charge on any atom is 0.234 e. The highest BCUT2D eigenvalue weighted by Gasteiger charge is 2.30. The molecule has 0 bridgehead atoms. The minimum atomic E-state index is -0.374. The monoisotopic (exact) mass is 253 g/mol. The van der Waals surface area contributed by atoms with Crippen molar-refractivity contribution in [1.82, 2.24) is 5.32 Å². The van der Waals surface area contributed by atoms with Crippen molar-refractivity contribution in [1.29, 1.82) is 0 Å². The Morgan fingerprint density at radius 1 is 1.41 bits per heavy atom. The third kappa shape index (κ3) is 2.42. The molecular weight excluding hydrogens is 242 g/mol. The Balaban J connectivity index is 2.35. The molecule has 0 aliphatic carbocycles. The van der Waals surface area contributed by atoms with Crippen LogP contribution in [0.5, 0.6) is 5.75 Å². The lowest BCUT2D eigenvalue weighted by molar-refractivity contribution is -0.134. The van der Waals surface area contributed by atoms with Gasteiger partial charge in [0, 0.05) is 17.0 Å². The summed E-state index contributed by atoms with van der Waals surface area (Å²) >= 11 is 5.92. The van der Waals surface area contributed by atoms with Crippen molar-refractivity contribution in [3.8, 4) is 5.75 Å². The Labute approximate surface area is 104 Å². The molecule has 4 nitrogen and oxygen atoms in total. The number of hydrogen-bond acceptors (Lipinski definition) is 3. The predicted molar refractivity (Wildman–Crippen MR) is 63.1 cm³/mol. The van der Waals surface area contributed by atoms with E-state index in [-0.39, 0.29) is 17.7 Å². The summed E-state index contributed by atoms with van der Waals surface area (Å²) in [6, 6.07) is 5.14. The summed E-state index contributed by atoms with van der Waals surface area (Å²) < 4.78 is 5.21. The fourth-order valence-electron chi connectivity index (χ4n) is 1.97. The molecule has 17 heavy (non-hydrogen) atoms. The van der Waals surface area contributed by atoms with Gasteiger partial charge >= 0.3 is 0 Å². The first-order chi connectivity index (χ1) is 8.11. The number of amides is 2. The molecule has 0 radical (unpaired) electrons. The number of hydrogen-bond donors (Lipinski definition) is 1. The lowest BCUT2D eigenvalue weighted by Gasteiger charge is -2.22. The number of ether oxygens (including phenoxy) is 1. The summed E-state index contributed by atoms with van der Waals surface area (Å²) in [6.45, 7) is 0. The van der Waals surface area contributed by atoms with Crippen molar-refractivity contribution in [2.24, 2.45) is 0 Å². The molecule has 0 aromatic heterocycles. The van der Waals surface area contributed by atoms with E-state index in [0.717, 1.165) is 5.56 Å². The molecule has 2 amide bonds. The SMILES string of the molecule is COc1ccc(Cl)cc1C1CCC(=O)NC1=O. The first-order valence-electron chi connectivity index (χ1n) is 5.29. The van der Waals surface area contributed by atoms with Crippen LogP contribution in [0.25, 0.3) is 0 Å². The van der Waals surface area contributed by atoms with E-state index >= 15 is 0 Å². The quantitative estimate of drug-likeness (QED) is 0.819. The predicted octanol–water partition coefficient (Wildman–Crippen LogP) is 1.87. The number of carbonyl (C=O) groups excluding carboxylic acids is 2. The molecule has 0 saturated carbocycles. The summed E-state index contributed by atoms with van der Waals surface area (Å²) in [7, 11) is 1.54. The molecule has 1 aromatic rings. The maximum absolute atomic E-state index is 11.8. The van der Waals surface area contributed by atoms with Crippen LogP contribution in [-0.4, -0.2) is 18.9 Å². The number of methoxy groups -OCH3 is 1. The van der Waals surface area contributed by atoms with Gasteiger partial charge in [0.05, 0.1) is 13.0 Å². The summed E-state index contributed by atoms with van der Waals surface area (Å²) in [6.07, 6.45) is 0.827. The molecule has 1 aliphatic heterocycles. The highest BCUT2D eigenvalue weighted by molar-refractivity contribution is 6.30. The molecule has 1 heterocycles. The molecule has 1 fully saturated rings. The molecule has 1 aliphatic rings. The molecule has 90 valence electrons. The number of imide groups is 1. The summed E-state index contributed by atoms with van der Waals surface area (Å²) in [5.74, 6) is -0.278. The number of carbonyl (C=O) groups is 2. The van der Waals surface area contributed by atoms with Crippen LogP contribution in [0.3, 0.4) is 0 Å². The third-order valence-electron chi connectivity index (χ3n) is 2.81. The Kier molecular flexibility index (Phi) is 3.33. The Hall–Kier alpha value is -1.55. The first kappa shape index (κ1) is 11.9. The molecule has 1 unspecified atom stereocenters. The molecule has 1 aromatic carbocycles. The van der Waals surface area contributed by atoms with Gasteiger partial charge in [0.1, 0.15) is 5.75 Å². The van der Waals surface area contributed by atoms with E-state index in [1.807, 2.05) is 0 Å². The zero-order chi connectivity index (χ0) is 12.4. The topological polar surface area (TPSA) is 55.4 Å². The second kappa shape index (κ2) is 4.75. The van der Waals surface area contributed by atoms with E-state index < -0.39 is 0 Å². The second-order valence-electron chi connectivity index (χ2n) is 3.89. The largest absolute Gasteiger partial charge is 0.496 e. The van der Waals surface area contributed by atoms with E-state index in [1.54, 1.807) is 25.3 Å². The van der Waals surface area contributed by atoms with Crippen LogP contribution in [0.2, 0.25) is 5.02 Å². The van der Waals surface area contributed by atoms with Gasteiger partial charge < -0.3 is 4.74 Å². The van der Waals surface area contributed by atoms with Gasteiger partial charge in [-0.05, 0) is 24.6 Å². The molecule has 5 heteroatoms. The van der Waals surface area contributed by atoms with Crippen LogP contribution in [0.15, 0.2) is 18.2 Å². The Morgan fingerprint density at radius 3 is 2.82 bits per heavy atom. The third-order valence-corrected chi connectivity index (χ3v) is 3.04. The fourth-order valence-corrected chi connectivity index (χ4v) is 2.15. The second-order valence-corrected chi connectivity index (χ2v) is 4.33. The van der Waals surface area contributed by atoms with Crippen molar-refractivity contribution in [2.45, 2.75) is 18.8 Å². The van der Waals surface area contributed by atoms with Gasteiger partial charge in [0.15, 0.2) is 0 Å². The molecule has 2 rings (SSSR count). The highest BCUT2D eigenvalue weighted by atomic mass is 35.5. The van der Waals surface area contributed by atoms with Crippen LogP contribution in [0, 0.1) is 0 Å². The standard InChI is InChI=1S/C12H12ClNO3/c1-17-10-4-2-7(13)6-9(10)8-3-5-11(15)14-12(8)16/h2,4,6,8H,3,5H2,1H3,(H,14,15,16). The van der Waals surface area contributed by atoms with Gasteiger partial charge in [0.2, 0.25) is 11.8 Å². The summed E-state index contributed by atoms with van der Waals surface area (Å²) in [5.41, 5.74) is 0.727. The zero-order valence-electron chi connectivity index (χ0n) is 9.33. The van der Waals surface area contributed by atoms with Crippen LogP contribution in [-0.2, 0) is 9.59 Å². The van der Waals surface area contributed by atoms with Crippen LogP contribution in [0.1, 0.15) is 24.3 Å². The van der Waals surface area contributed by atoms with Gasteiger partial charge in [0.25, 0.3) is 0 Å². The number of benzene rings is 1. The average Bonchev–Trinajstić information content (AvgIpc) is 2.29. The zero-order valence-corrected chi connectivity index (χ0v) is 10.1. The van der Waals surface area contributed by atoms with E-state index in [4.69, 9.17) is 16.3 Å². The van der Waals surface area contributed by atoms with Crippen molar-refractivity contribution in [2.75, 3.05) is 7.11 Å². The number of nitrogens with one attached hydrogen (secondary N) is 1. The average molecular weight is 254 g/mol. The fraction of sp³-hybridized carbons (Fsp3) is 0.333.